The van der Waals surface area contributed by atoms with Crippen LogP contribution in [0.4, 0.5) is 11.4 Å². The first-order chi connectivity index (χ1) is 11.9. The van der Waals surface area contributed by atoms with E-state index in [9.17, 15) is 14.9 Å². The number of esters is 1. The van der Waals surface area contributed by atoms with Crippen LogP contribution in [0.3, 0.4) is 0 Å². The third-order valence-electron chi connectivity index (χ3n) is 3.56. The van der Waals surface area contributed by atoms with Gasteiger partial charge in [0.25, 0.3) is 5.69 Å². The average Bonchev–Trinajstić information content (AvgIpc) is 2.59. The van der Waals surface area contributed by atoms with Crippen LogP contribution < -0.4 is 9.64 Å². The number of anilines is 1. The Hall–Kier alpha value is -3.09. The Kier molecular flexibility index (Phi) is 5.94. The Morgan fingerprint density at radius 1 is 1.16 bits per heavy atom. The number of ether oxygens (including phenoxy) is 2. The first-order valence-corrected chi connectivity index (χ1v) is 7.71. The molecular formula is C18H20N2O5. The molecule has 25 heavy (non-hydrogen) atoms. The molecule has 0 saturated carbocycles. The zero-order valence-corrected chi connectivity index (χ0v) is 14.4. The predicted octanol–water partition coefficient (Wildman–Crippen LogP) is 3.21. The first kappa shape index (κ1) is 18.3. The summed E-state index contributed by atoms with van der Waals surface area (Å²) >= 11 is 0. The summed E-state index contributed by atoms with van der Waals surface area (Å²) in [5.74, 6) is 0.103. The molecule has 2 rings (SSSR count). The summed E-state index contributed by atoms with van der Waals surface area (Å²) in [6, 6.07) is 11.8. The molecule has 0 N–H and O–H groups in total. The van der Waals surface area contributed by atoms with Crippen LogP contribution in [0.2, 0.25) is 0 Å². The van der Waals surface area contributed by atoms with Crippen molar-refractivity contribution in [2.75, 3.05) is 32.2 Å². The molecule has 0 saturated heterocycles. The molecule has 0 amide bonds. The van der Waals surface area contributed by atoms with E-state index in [1.165, 1.54) is 18.2 Å². The van der Waals surface area contributed by atoms with Crippen LogP contribution in [0.5, 0.6) is 5.75 Å². The minimum Gasteiger partial charge on any atom is -0.490 e. The van der Waals surface area contributed by atoms with Gasteiger partial charge in [0.05, 0.1) is 10.5 Å². The highest BCUT2D eigenvalue weighted by atomic mass is 16.6. The zero-order valence-electron chi connectivity index (χ0n) is 14.4. The smallest absolute Gasteiger partial charge is 0.338 e. The fraction of sp³-hybridized carbons (Fsp3) is 0.278. The summed E-state index contributed by atoms with van der Waals surface area (Å²) in [5.41, 5.74) is 1.40. The molecule has 0 radical (unpaired) electrons. The van der Waals surface area contributed by atoms with Crippen molar-refractivity contribution < 1.29 is 19.2 Å². The first-order valence-electron chi connectivity index (χ1n) is 7.71. The van der Waals surface area contributed by atoms with Gasteiger partial charge in [-0.1, -0.05) is 18.2 Å². The van der Waals surface area contributed by atoms with Crippen molar-refractivity contribution in [3.8, 4) is 5.75 Å². The average molecular weight is 344 g/mol. The number of carbonyl (C=O) groups excluding carboxylic acids is 1. The van der Waals surface area contributed by atoms with Gasteiger partial charge in [-0.15, -0.1) is 0 Å². The fourth-order valence-corrected chi connectivity index (χ4v) is 2.26. The van der Waals surface area contributed by atoms with Crippen molar-refractivity contribution >= 4 is 17.3 Å². The lowest BCUT2D eigenvalue weighted by atomic mass is 10.1. The van der Waals surface area contributed by atoms with E-state index in [1.54, 1.807) is 19.0 Å². The molecule has 0 spiro atoms. The maximum absolute atomic E-state index is 12.1. The van der Waals surface area contributed by atoms with Crippen molar-refractivity contribution in [2.24, 2.45) is 0 Å². The lowest BCUT2D eigenvalue weighted by molar-refractivity contribution is -0.384. The largest absolute Gasteiger partial charge is 0.490 e. The molecule has 0 aliphatic heterocycles. The second-order valence-electron chi connectivity index (χ2n) is 5.60. The number of benzene rings is 2. The predicted molar refractivity (Wildman–Crippen MR) is 94.4 cm³/mol. The van der Waals surface area contributed by atoms with Crippen LogP contribution >= 0.6 is 0 Å². The van der Waals surface area contributed by atoms with Gasteiger partial charge in [-0.25, -0.2) is 4.79 Å². The highest BCUT2D eigenvalue weighted by molar-refractivity contribution is 5.91. The molecule has 0 atom stereocenters. The Labute approximate surface area is 145 Å². The van der Waals surface area contributed by atoms with E-state index in [0.717, 1.165) is 11.3 Å². The van der Waals surface area contributed by atoms with Crippen LogP contribution in [0.25, 0.3) is 0 Å². The normalized spacial score (nSPS) is 10.2. The molecule has 132 valence electrons. The number of nitro benzene ring substituents is 1. The van der Waals surface area contributed by atoms with Gasteiger partial charge in [0.1, 0.15) is 24.7 Å². The van der Waals surface area contributed by atoms with Crippen LogP contribution in [0.15, 0.2) is 42.5 Å². The SMILES string of the molecule is Cc1ccccc1OCCOC(=O)c1ccc(N(C)C)c([N+](=O)[O-])c1. The summed E-state index contributed by atoms with van der Waals surface area (Å²) in [5, 5.41) is 11.2. The second kappa shape index (κ2) is 8.14. The molecule has 0 bridgehead atoms. The van der Waals surface area contributed by atoms with Crippen LogP contribution in [-0.2, 0) is 4.74 Å². The van der Waals surface area contributed by atoms with E-state index in [0.29, 0.717) is 5.69 Å². The number of hydrogen-bond acceptors (Lipinski definition) is 6. The van der Waals surface area contributed by atoms with E-state index >= 15 is 0 Å². The zero-order chi connectivity index (χ0) is 18.4. The third kappa shape index (κ3) is 4.69. The fourth-order valence-electron chi connectivity index (χ4n) is 2.26. The van der Waals surface area contributed by atoms with Crippen molar-refractivity contribution in [3.63, 3.8) is 0 Å². The highest BCUT2D eigenvalue weighted by Crippen LogP contribution is 2.28. The van der Waals surface area contributed by atoms with E-state index in [-0.39, 0.29) is 24.5 Å². The number of rotatable bonds is 7. The van der Waals surface area contributed by atoms with Crippen molar-refractivity contribution in [3.05, 3.63) is 63.7 Å². The lowest BCUT2D eigenvalue weighted by Crippen LogP contribution is -2.14. The van der Waals surface area contributed by atoms with Crippen LogP contribution in [-0.4, -0.2) is 38.2 Å². The van der Waals surface area contributed by atoms with Gasteiger partial charge in [0.15, 0.2) is 0 Å². The Balaban J connectivity index is 1.96. The number of para-hydroxylation sites is 1. The van der Waals surface area contributed by atoms with E-state index in [2.05, 4.69) is 0 Å². The number of carbonyl (C=O) groups is 1. The molecule has 0 fully saturated rings. The molecule has 7 nitrogen and oxygen atoms in total. The van der Waals surface area contributed by atoms with Gasteiger partial charge in [-0.05, 0) is 30.7 Å². The summed E-state index contributed by atoms with van der Waals surface area (Å²) in [6.07, 6.45) is 0. The maximum Gasteiger partial charge on any atom is 0.338 e. The lowest BCUT2D eigenvalue weighted by Gasteiger charge is -2.13. The van der Waals surface area contributed by atoms with Crippen molar-refractivity contribution in [2.45, 2.75) is 6.92 Å². The second-order valence-corrected chi connectivity index (χ2v) is 5.60. The summed E-state index contributed by atoms with van der Waals surface area (Å²) in [4.78, 5) is 24.3. The third-order valence-corrected chi connectivity index (χ3v) is 3.56. The molecule has 0 aliphatic carbocycles. The van der Waals surface area contributed by atoms with Gasteiger partial charge >= 0.3 is 5.97 Å². The van der Waals surface area contributed by atoms with Gasteiger partial charge in [-0.3, -0.25) is 10.1 Å². The summed E-state index contributed by atoms with van der Waals surface area (Å²) in [7, 11) is 3.40. The quantitative estimate of drug-likeness (QED) is 0.332. The minimum absolute atomic E-state index is 0.0520. The van der Waals surface area contributed by atoms with Crippen LogP contribution in [0, 0.1) is 17.0 Å². The monoisotopic (exact) mass is 344 g/mol. The van der Waals surface area contributed by atoms with Crippen molar-refractivity contribution in [1.29, 1.82) is 0 Å². The summed E-state index contributed by atoms with van der Waals surface area (Å²) < 4.78 is 10.7. The van der Waals surface area contributed by atoms with Gasteiger partial charge in [0, 0.05) is 20.2 Å². The number of nitrogens with zero attached hydrogens (tertiary/aromatic N) is 2. The van der Waals surface area contributed by atoms with Crippen LogP contribution in [0.1, 0.15) is 15.9 Å². The number of hydrogen-bond donors (Lipinski definition) is 0. The topological polar surface area (TPSA) is 81.9 Å². The molecule has 2 aromatic rings. The Morgan fingerprint density at radius 3 is 2.52 bits per heavy atom. The molecule has 7 heteroatoms. The Bertz CT molecular complexity index is 774. The minimum atomic E-state index is -0.623. The standard InChI is InChI=1S/C18H20N2O5/c1-13-6-4-5-7-17(13)24-10-11-25-18(21)14-8-9-15(19(2)3)16(12-14)20(22)23/h4-9,12H,10-11H2,1-3H3. The molecule has 0 aromatic heterocycles. The van der Waals surface area contributed by atoms with Gasteiger partial charge in [-0.2, -0.15) is 0 Å². The molecular weight excluding hydrogens is 324 g/mol. The molecule has 0 unspecified atom stereocenters. The van der Waals surface area contributed by atoms with Crippen molar-refractivity contribution in [1.82, 2.24) is 0 Å². The van der Waals surface area contributed by atoms with E-state index in [1.807, 2.05) is 31.2 Å². The van der Waals surface area contributed by atoms with E-state index in [4.69, 9.17) is 9.47 Å². The van der Waals surface area contributed by atoms with E-state index < -0.39 is 10.9 Å². The number of aryl methyl sites for hydroxylation is 1. The highest BCUT2D eigenvalue weighted by Gasteiger charge is 2.19. The Morgan fingerprint density at radius 2 is 1.88 bits per heavy atom. The molecule has 2 aromatic carbocycles. The van der Waals surface area contributed by atoms with Gasteiger partial charge < -0.3 is 14.4 Å². The number of nitro groups is 1. The molecule has 0 heterocycles. The summed E-state index contributed by atoms with van der Waals surface area (Å²) in [6.45, 7) is 2.18. The molecule has 0 aliphatic rings. The van der Waals surface area contributed by atoms with Gasteiger partial charge in [0.2, 0.25) is 0 Å². The maximum atomic E-state index is 12.1.